The van der Waals surface area contributed by atoms with Crippen molar-refractivity contribution in [3.05, 3.63) is 42.2 Å². The smallest absolute Gasteiger partial charge is 0.338 e. The molecule has 0 saturated heterocycles. The van der Waals surface area contributed by atoms with E-state index in [9.17, 15) is 9.59 Å². The van der Waals surface area contributed by atoms with Gasteiger partial charge in [0.05, 0.1) is 22.8 Å². The number of aromatic carboxylic acids is 1. The van der Waals surface area contributed by atoms with Gasteiger partial charge < -0.3 is 14.6 Å². The molecular weight excluding hydrogens is 372 g/mol. The largest absolute Gasteiger partial charge is 0.478 e. The van der Waals surface area contributed by atoms with Gasteiger partial charge >= 0.3 is 5.97 Å². The second-order valence-electron chi connectivity index (χ2n) is 6.70. The molecule has 2 aromatic heterocycles. The fourth-order valence-electron chi connectivity index (χ4n) is 3.18. The van der Waals surface area contributed by atoms with Crippen LogP contribution >= 0.6 is 0 Å². The Balaban J connectivity index is 1.69. The lowest BCUT2D eigenvalue weighted by atomic mass is 10.3. The van der Waals surface area contributed by atoms with Crippen molar-refractivity contribution in [3.63, 3.8) is 0 Å². The number of anilines is 1. The van der Waals surface area contributed by atoms with Gasteiger partial charge in [0.25, 0.3) is 0 Å². The number of carboxylic acid groups (broad SMARTS) is 1. The number of imidazole rings is 1. The maximum Gasteiger partial charge on any atom is 0.338 e. The zero-order valence-corrected chi connectivity index (χ0v) is 16.7. The number of aromatic nitrogens is 4. The molecule has 0 fully saturated rings. The summed E-state index contributed by atoms with van der Waals surface area (Å²) in [5.41, 5.74) is 1.91. The lowest BCUT2D eigenvalue weighted by Gasteiger charge is -2.19. The summed E-state index contributed by atoms with van der Waals surface area (Å²) < 4.78 is 3.48. The molecule has 0 unspecified atom stereocenters. The van der Waals surface area contributed by atoms with Crippen LogP contribution in [0, 0.1) is 0 Å². The summed E-state index contributed by atoms with van der Waals surface area (Å²) in [6.07, 6.45) is 2.85. The maximum absolute atomic E-state index is 12.5. The van der Waals surface area contributed by atoms with E-state index in [-0.39, 0.29) is 17.9 Å². The predicted octanol–water partition coefficient (Wildman–Crippen LogP) is 2.30. The fourth-order valence-corrected chi connectivity index (χ4v) is 3.18. The van der Waals surface area contributed by atoms with Gasteiger partial charge in [0, 0.05) is 32.3 Å². The molecule has 1 amide bonds. The number of aryl methyl sites for hydroxylation is 1. The highest BCUT2D eigenvalue weighted by atomic mass is 16.4. The number of carboxylic acids is 1. The summed E-state index contributed by atoms with van der Waals surface area (Å²) in [6.45, 7) is 8.06. The van der Waals surface area contributed by atoms with Crippen LogP contribution in [0.1, 0.15) is 30.6 Å². The average Bonchev–Trinajstić information content (AvgIpc) is 3.32. The Morgan fingerprint density at radius 1 is 1.17 bits per heavy atom. The molecule has 0 bridgehead atoms. The van der Waals surface area contributed by atoms with E-state index in [1.54, 1.807) is 0 Å². The molecule has 0 aliphatic carbocycles. The van der Waals surface area contributed by atoms with Crippen LogP contribution in [-0.2, 0) is 17.9 Å². The predicted molar refractivity (Wildman–Crippen MR) is 110 cm³/mol. The van der Waals surface area contributed by atoms with Gasteiger partial charge in [0.15, 0.2) is 0 Å². The van der Waals surface area contributed by atoms with Crippen LogP contribution < -0.4 is 5.32 Å². The van der Waals surface area contributed by atoms with Crippen LogP contribution in [0.25, 0.3) is 11.0 Å². The monoisotopic (exact) mass is 398 g/mol. The molecule has 0 spiro atoms. The van der Waals surface area contributed by atoms with Gasteiger partial charge in [0.1, 0.15) is 0 Å². The number of fused-ring (bicyclic) bond motifs is 1. The maximum atomic E-state index is 12.5. The Bertz CT molecular complexity index is 989. The second kappa shape index (κ2) is 9.33. The Morgan fingerprint density at radius 2 is 1.93 bits per heavy atom. The molecule has 0 radical (unpaired) electrons. The highest BCUT2D eigenvalue weighted by Crippen LogP contribution is 2.20. The minimum atomic E-state index is -1.04. The summed E-state index contributed by atoms with van der Waals surface area (Å²) in [6, 6.07) is 7.81. The topological polar surface area (TPSA) is 105 Å². The summed E-state index contributed by atoms with van der Waals surface area (Å²) in [5, 5.41) is 15.8. The molecule has 9 heteroatoms. The number of hydrogen-bond donors (Lipinski definition) is 2. The molecule has 2 heterocycles. The number of para-hydroxylation sites is 2. The van der Waals surface area contributed by atoms with Crippen LogP contribution in [0.5, 0.6) is 0 Å². The van der Waals surface area contributed by atoms with Crippen molar-refractivity contribution in [3.8, 4) is 0 Å². The van der Waals surface area contributed by atoms with Crippen LogP contribution in [-0.4, -0.2) is 60.8 Å². The minimum Gasteiger partial charge on any atom is -0.478 e. The number of amides is 1. The van der Waals surface area contributed by atoms with E-state index < -0.39 is 5.97 Å². The number of nitrogens with one attached hydrogen (secondary N) is 1. The van der Waals surface area contributed by atoms with E-state index in [1.807, 2.05) is 28.8 Å². The Morgan fingerprint density at radius 3 is 2.62 bits per heavy atom. The van der Waals surface area contributed by atoms with Gasteiger partial charge in [-0.2, -0.15) is 5.10 Å². The first-order chi connectivity index (χ1) is 14.0. The van der Waals surface area contributed by atoms with Gasteiger partial charge in [0.2, 0.25) is 11.9 Å². The summed E-state index contributed by atoms with van der Waals surface area (Å²) in [5.74, 6) is -0.713. The van der Waals surface area contributed by atoms with Crippen molar-refractivity contribution >= 4 is 28.9 Å². The van der Waals surface area contributed by atoms with E-state index in [1.165, 1.54) is 17.1 Å². The molecule has 3 rings (SSSR count). The fraction of sp³-hybridized carbons (Fsp3) is 0.400. The van der Waals surface area contributed by atoms with E-state index in [0.29, 0.717) is 12.5 Å². The number of nitrogens with zero attached hydrogens (tertiary/aromatic N) is 5. The highest BCUT2D eigenvalue weighted by molar-refractivity contribution is 5.91. The van der Waals surface area contributed by atoms with Crippen molar-refractivity contribution < 1.29 is 14.7 Å². The summed E-state index contributed by atoms with van der Waals surface area (Å²) >= 11 is 0. The van der Waals surface area contributed by atoms with E-state index in [0.717, 1.165) is 37.2 Å². The summed E-state index contributed by atoms with van der Waals surface area (Å²) in [7, 11) is 0. The van der Waals surface area contributed by atoms with E-state index in [4.69, 9.17) is 5.11 Å². The van der Waals surface area contributed by atoms with Gasteiger partial charge in [-0.15, -0.1) is 0 Å². The first kappa shape index (κ1) is 20.5. The zero-order chi connectivity index (χ0) is 20.8. The van der Waals surface area contributed by atoms with Crippen molar-refractivity contribution in [2.75, 3.05) is 25.0 Å². The summed E-state index contributed by atoms with van der Waals surface area (Å²) in [4.78, 5) is 30.3. The Labute approximate surface area is 168 Å². The molecule has 1 aromatic carbocycles. The third kappa shape index (κ3) is 5.00. The Hall–Kier alpha value is -3.20. The van der Waals surface area contributed by atoms with Crippen LogP contribution in [0.15, 0.2) is 36.7 Å². The number of hydrogen-bond acceptors (Lipinski definition) is 5. The van der Waals surface area contributed by atoms with Crippen molar-refractivity contribution in [2.45, 2.75) is 33.4 Å². The normalized spacial score (nSPS) is 11.3. The van der Waals surface area contributed by atoms with Crippen molar-refractivity contribution in [2.24, 2.45) is 0 Å². The molecule has 9 nitrogen and oxygen atoms in total. The number of rotatable bonds is 10. The van der Waals surface area contributed by atoms with Crippen LogP contribution in [0.4, 0.5) is 5.95 Å². The number of likely N-dealkylation sites (N-methyl/N-ethyl adjacent to an activating group) is 1. The first-order valence-electron chi connectivity index (χ1n) is 9.75. The van der Waals surface area contributed by atoms with Gasteiger partial charge in [-0.1, -0.05) is 26.0 Å². The lowest BCUT2D eigenvalue weighted by molar-refractivity contribution is -0.116. The molecular formula is C20H26N6O3. The third-order valence-electron chi connectivity index (χ3n) is 4.89. The number of carbonyl (C=O) groups is 2. The van der Waals surface area contributed by atoms with Gasteiger partial charge in [-0.3, -0.25) is 14.8 Å². The third-order valence-corrected chi connectivity index (χ3v) is 4.89. The Kier molecular flexibility index (Phi) is 6.61. The molecule has 29 heavy (non-hydrogen) atoms. The standard InChI is InChI=1S/C20H26N6O3/c1-3-24(4-2)11-12-26-17-8-6-5-7-16(17)22-20(26)23-18(27)9-10-25-14-15(13-21-25)19(28)29/h5-8,13-14H,3-4,9-12H2,1-2H3,(H,28,29)(H,22,23,27). The molecule has 0 aliphatic rings. The van der Waals surface area contributed by atoms with E-state index in [2.05, 4.69) is 34.1 Å². The molecule has 0 atom stereocenters. The highest BCUT2D eigenvalue weighted by Gasteiger charge is 2.14. The average molecular weight is 398 g/mol. The van der Waals surface area contributed by atoms with Crippen LogP contribution in [0.2, 0.25) is 0 Å². The van der Waals surface area contributed by atoms with E-state index >= 15 is 0 Å². The van der Waals surface area contributed by atoms with Crippen molar-refractivity contribution in [1.82, 2.24) is 24.2 Å². The zero-order valence-electron chi connectivity index (χ0n) is 16.7. The molecule has 154 valence electrons. The quantitative estimate of drug-likeness (QED) is 0.543. The SMILES string of the molecule is CCN(CC)CCn1c(NC(=O)CCn2cc(C(=O)O)cn2)nc2ccccc21. The number of benzene rings is 1. The minimum absolute atomic E-state index is 0.101. The molecule has 2 N–H and O–H groups in total. The van der Waals surface area contributed by atoms with Gasteiger partial charge in [-0.05, 0) is 25.2 Å². The van der Waals surface area contributed by atoms with Crippen LogP contribution in [0.3, 0.4) is 0 Å². The van der Waals surface area contributed by atoms with Gasteiger partial charge in [-0.25, -0.2) is 9.78 Å². The molecule has 0 aliphatic heterocycles. The van der Waals surface area contributed by atoms with Crippen molar-refractivity contribution in [1.29, 1.82) is 0 Å². The second-order valence-corrected chi connectivity index (χ2v) is 6.70. The lowest BCUT2D eigenvalue weighted by Crippen LogP contribution is -2.27. The first-order valence-corrected chi connectivity index (χ1v) is 9.75. The molecule has 3 aromatic rings. The number of carbonyl (C=O) groups excluding carboxylic acids is 1. The molecule has 0 saturated carbocycles.